The summed E-state index contributed by atoms with van der Waals surface area (Å²) in [5.74, 6) is 0.00181. The maximum absolute atomic E-state index is 13.1. The molecule has 21 heavy (non-hydrogen) atoms. The van der Waals surface area contributed by atoms with Crippen molar-refractivity contribution in [3.63, 3.8) is 0 Å². The third kappa shape index (κ3) is 3.11. The predicted molar refractivity (Wildman–Crippen MR) is 83.2 cm³/mol. The van der Waals surface area contributed by atoms with Crippen LogP contribution in [0, 0.1) is 5.82 Å². The Balaban J connectivity index is 1.81. The maximum atomic E-state index is 13.1. The lowest BCUT2D eigenvalue weighted by atomic mass is 10.0. The van der Waals surface area contributed by atoms with Gasteiger partial charge in [-0.3, -0.25) is 9.78 Å². The molecule has 0 atom stereocenters. The number of Topliss-reactive ketones (excluding diaryl/α,β-unsaturated/α-hetero) is 1. The largest absolute Gasteiger partial charge is 0.293 e. The van der Waals surface area contributed by atoms with Crippen molar-refractivity contribution in [3.05, 3.63) is 72.3 Å². The van der Waals surface area contributed by atoms with Gasteiger partial charge in [0.1, 0.15) is 5.82 Å². The zero-order valence-corrected chi connectivity index (χ0v) is 11.9. The van der Waals surface area contributed by atoms with Crippen LogP contribution in [0.3, 0.4) is 0 Å². The minimum absolute atomic E-state index is 0.0165. The van der Waals surface area contributed by atoms with E-state index in [0.717, 1.165) is 15.7 Å². The van der Waals surface area contributed by atoms with Gasteiger partial charge in [0.25, 0.3) is 0 Å². The fraction of sp³-hybridized carbons (Fsp3) is 0.0588. The Kier molecular flexibility index (Phi) is 3.97. The van der Waals surface area contributed by atoms with Crippen LogP contribution in [0.5, 0.6) is 0 Å². The van der Waals surface area contributed by atoms with Crippen LogP contribution in [0.2, 0.25) is 0 Å². The molecular weight excluding hydrogens is 285 g/mol. The molecule has 1 aromatic heterocycles. The van der Waals surface area contributed by atoms with Crippen LogP contribution in [0.4, 0.5) is 4.39 Å². The summed E-state index contributed by atoms with van der Waals surface area (Å²) in [5.41, 5.74) is 0.657. The number of fused-ring (bicyclic) bond motifs is 1. The lowest BCUT2D eigenvalue weighted by Crippen LogP contribution is -2.03. The Bertz CT molecular complexity index is 798. The van der Waals surface area contributed by atoms with Crippen molar-refractivity contribution in [2.45, 2.75) is 4.90 Å². The predicted octanol–water partition coefficient (Wildman–Crippen LogP) is 4.35. The summed E-state index contributed by atoms with van der Waals surface area (Å²) < 4.78 is 13.1. The van der Waals surface area contributed by atoms with Crippen LogP contribution in [-0.4, -0.2) is 16.5 Å². The number of nitrogens with zero attached hydrogens (tertiary/aromatic N) is 1. The van der Waals surface area contributed by atoms with Gasteiger partial charge in [0.05, 0.1) is 5.75 Å². The average Bonchev–Trinajstić information content (AvgIpc) is 2.52. The highest BCUT2D eigenvalue weighted by molar-refractivity contribution is 8.00. The molecule has 0 saturated carbocycles. The highest BCUT2D eigenvalue weighted by Gasteiger charge is 2.10. The van der Waals surface area contributed by atoms with Crippen LogP contribution >= 0.6 is 11.8 Å². The van der Waals surface area contributed by atoms with Gasteiger partial charge >= 0.3 is 0 Å². The van der Waals surface area contributed by atoms with Gasteiger partial charge in [0, 0.05) is 28.2 Å². The number of thioether (sulfide) groups is 1. The minimum atomic E-state index is -0.290. The molecule has 0 bridgehead atoms. The minimum Gasteiger partial charge on any atom is -0.293 e. The van der Waals surface area contributed by atoms with Gasteiger partial charge in [-0.15, -0.1) is 11.8 Å². The first-order chi connectivity index (χ1) is 10.2. The standard InChI is InChI=1S/C17H12FNOS/c18-13-4-2-5-14(9-13)21-11-17(20)15-6-1-3-12-7-8-19-10-16(12)15/h1-10H,11H2. The van der Waals surface area contributed by atoms with Crippen molar-refractivity contribution < 1.29 is 9.18 Å². The molecule has 104 valence electrons. The van der Waals surface area contributed by atoms with Gasteiger partial charge in [-0.2, -0.15) is 0 Å². The first-order valence-corrected chi connectivity index (χ1v) is 7.47. The summed E-state index contributed by atoms with van der Waals surface area (Å²) >= 11 is 1.34. The number of hydrogen-bond acceptors (Lipinski definition) is 3. The normalized spacial score (nSPS) is 10.7. The fourth-order valence-corrected chi connectivity index (χ4v) is 2.96. The highest BCUT2D eigenvalue weighted by Crippen LogP contribution is 2.23. The van der Waals surface area contributed by atoms with Crippen LogP contribution in [0.25, 0.3) is 10.8 Å². The second-order valence-electron chi connectivity index (χ2n) is 4.57. The van der Waals surface area contributed by atoms with Crippen molar-refractivity contribution in [2.75, 3.05) is 5.75 Å². The topological polar surface area (TPSA) is 30.0 Å². The van der Waals surface area contributed by atoms with E-state index >= 15 is 0 Å². The van der Waals surface area contributed by atoms with E-state index in [1.807, 2.05) is 18.2 Å². The Labute approximate surface area is 126 Å². The van der Waals surface area contributed by atoms with Gasteiger partial charge in [0.15, 0.2) is 5.78 Å². The van der Waals surface area contributed by atoms with E-state index in [4.69, 9.17) is 0 Å². The van der Waals surface area contributed by atoms with E-state index in [0.29, 0.717) is 5.56 Å². The first kappa shape index (κ1) is 13.8. The molecule has 2 aromatic carbocycles. The van der Waals surface area contributed by atoms with Gasteiger partial charge in [-0.1, -0.05) is 24.3 Å². The van der Waals surface area contributed by atoms with Crippen LogP contribution in [-0.2, 0) is 0 Å². The SMILES string of the molecule is O=C(CSc1cccc(F)c1)c1cccc2ccncc12. The Hall–Kier alpha value is -2.20. The van der Waals surface area contributed by atoms with Crippen molar-refractivity contribution in [1.29, 1.82) is 0 Å². The van der Waals surface area contributed by atoms with Gasteiger partial charge in [-0.05, 0) is 29.7 Å². The molecule has 0 spiro atoms. The molecule has 3 aromatic rings. The van der Waals surface area contributed by atoms with Crippen LogP contribution in [0.1, 0.15) is 10.4 Å². The maximum Gasteiger partial charge on any atom is 0.173 e. The summed E-state index contributed by atoms with van der Waals surface area (Å²) in [7, 11) is 0. The van der Waals surface area contributed by atoms with Crippen molar-refractivity contribution in [1.82, 2.24) is 4.98 Å². The summed E-state index contributed by atoms with van der Waals surface area (Å²) in [4.78, 5) is 17.2. The number of carbonyl (C=O) groups excluding carboxylic acids is 1. The van der Waals surface area contributed by atoms with E-state index in [1.54, 1.807) is 30.6 Å². The molecule has 0 fully saturated rings. The second-order valence-corrected chi connectivity index (χ2v) is 5.62. The van der Waals surface area contributed by atoms with Crippen molar-refractivity contribution >= 4 is 28.3 Å². The third-order valence-electron chi connectivity index (χ3n) is 3.15. The third-order valence-corrected chi connectivity index (χ3v) is 4.14. The molecular formula is C17H12FNOS. The van der Waals surface area contributed by atoms with Crippen LogP contribution in [0.15, 0.2) is 65.8 Å². The van der Waals surface area contributed by atoms with E-state index < -0.39 is 0 Å². The molecule has 0 amide bonds. The van der Waals surface area contributed by atoms with E-state index in [1.165, 1.54) is 23.9 Å². The lowest BCUT2D eigenvalue weighted by Gasteiger charge is -2.05. The lowest BCUT2D eigenvalue weighted by molar-refractivity contribution is 0.102. The van der Waals surface area contributed by atoms with E-state index in [-0.39, 0.29) is 17.4 Å². The van der Waals surface area contributed by atoms with Gasteiger partial charge in [0.2, 0.25) is 0 Å². The molecule has 2 nitrogen and oxygen atoms in total. The molecule has 0 aliphatic rings. The highest BCUT2D eigenvalue weighted by atomic mass is 32.2. The molecule has 4 heteroatoms. The molecule has 0 aliphatic heterocycles. The molecule has 0 unspecified atom stereocenters. The monoisotopic (exact) mass is 297 g/mol. The average molecular weight is 297 g/mol. The fourth-order valence-electron chi connectivity index (χ4n) is 2.14. The number of hydrogen-bond donors (Lipinski definition) is 0. The van der Waals surface area contributed by atoms with E-state index in [9.17, 15) is 9.18 Å². The number of aromatic nitrogens is 1. The Morgan fingerprint density at radius 3 is 2.86 bits per heavy atom. The summed E-state index contributed by atoms with van der Waals surface area (Å²) in [6, 6.07) is 13.8. The zero-order valence-electron chi connectivity index (χ0n) is 11.1. The summed E-state index contributed by atoms with van der Waals surface area (Å²) in [5, 5.41) is 1.84. The summed E-state index contributed by atoms with van der Waals surface area (Å²) in [6.45, 7) is 0. The number of halogens is 1. The quantitative estimate of drug-likeness (QED) is 0.530. The number of benzene rings is 2. The van der Waals surface area contributed by atoms with Crippen molar-refractivity contribution in [2.24, 2.45) is 0 Å². The van der Waals surface area contributed by atoms with Crippen LogP contribution < -0.4 is 0 Å². The Morgan fingerprint density at radius 1 is 1.14 bits per heavy atom. The van der Waals surface area contributed by atoms with Gasteiger partial charge in [-0.25, -0.2) is 4.39 Å². The molecule has 0 saturated heterocycles. The number of ketones is 1. The smallest absolute Gasteiger partial charge is 0.173 e. The number of rotatable bonds is 4. The molecule has 1 heterocycles. The number of pyridine rings is 1. The Morgan fingerprint density at radius 2 is 2.00 bits per heavy atom. The summed E-state index contributed by atoms with van der Waals surface area (Å²) in [6.07, 6.45) is 3.41. The first-order valence-electron chi connectivity index (χ1n) is 6.48. The molecule has 0 aliphatic carbocycles. The van der Waals surface area contributed by atoms with Gasteiger partial charge < -0.3 is 0 Å². The van der Waals surface area contributed by atoms with E-state index in [2.05, 4.69) is 4.98 Å². The van der Waals surface area contributed by atoms with Crippen molar-refractivity contribution in [3.8, 4) is 0 Å². The molecule has 0 N–H and O–H groups in total. The molecule has 0 radical (unpaired) electrons. The second kappa shape index (κ2) is 6.06. The zero-order chi connectivity index (χ0) is 14.7. The molecule has 3 rings (SSSR count). The number of carbonyl (C=O) groups is 1.